The number of hydrogen-bond acceptors (Lipinski definition) is 6. The van der Waals surface area contributed by atoms with Gasteiger partial charge in [-0.1, -0.05) is 0 Å². The first-order valence-electron chi connectivity index (χ1n) is 6.18. The van der Waals surface area contributed by atoms with Crippen molar-refractivity contribution in [2.75, 3.05) is 39.4 Å². The van der Waals surface area contributed by atoms with Crippen molar-refractivity contribution in [2.24, 2.45) is 0 Å². The summed E-state index contributed by atoms with van der Waals surface area (Å²) in [5.41, 5.74) is -1.06. The van der Waals surface area contributed by atoms with Crippen molar-refractivity contribution >= 4 is 11.7 Å². The van der Waals surface area contributed by atoms with Gasteiger partial charge in [-0.05, 0) is 12.1 Å². The van der Waals surface area contributed by atoms with E-state index >= 15 is 0 Å². The lowest BCUT2D eigenvalue weighted by Gasteiger charge is -2.28. The van der Waals surface area contributed by atoms with Crippen molar-refractivity contribution in [1.82, 2.24) is 5.32 Å². The Morgan fingerprint density at radius 3 is 2.14 bits per heavy atom. The summed E-state index contributed by atoms with van der Waals surface area (Å²) in [5.74, 6) is 0.951. The van der Waals surface area contributed by atoms with E-state index in [-0.39, 0.29) is 0 Å². The number of benzene rings is 1. The molecule has 8 heteroatoms. The summed E-state index contributed by atoms with van der Waals surface area (Å²) in [5, 5.41) is 32.3. The number of carbonyl (C=O) groups excluding carboxylic acids is 1. The average Bonchev–Trinajstić information content (AvgIpc) is 2.52. The van der Waals surface area contributed by atoms with Crippen LogP contribution in [-0.2, 0) is 0 Å². The number of methoxy groups -OCH3 is 2. The molecule has 0 aromatic heterocycles. The fourth-order valence-corrected chi connectivity index (χ4v) is 1.59. The molecule has 0 unspecified atom stereocenters. The van der Waals surface area contributed by atoms with Crippen LogP contribution in [0.3, 0.4) is 0 Å². The van der Waals surface area contributed by atoms with Gasteiger partial charge >= 0.3 is 6.03 Å². The van der Waals surface area contributed by atoms with Crippen LogP contribution in [0.2, 0.25) is 0 Å². The fourth-order valence-electron chi connectivity index (χ4n) is 1.59. The molecule has 1 aromatic rings. The second kappa shape index (κ2) is 7.67. The number of aliphatic hydroxyl groups is 3. The van der Waals surface area contributed by atoms with Gasteiger partial charge in [-0.25, -0.2) is 4.79 Å². The van der Waals surface area contributed by atoms with Gasteiger partial charge in [0.2, 0.25) is 0 Å². The molecule has 5 N–H and O–H groups in total. The Labute approximate surface area is 122 Å². The molecule has 0 fully saturated rings. The lowest BCUT2D eigenvalue weighted by atomic mass is 10.0. The first-order chi connectivity index (χ1) is 10.0. The number of carbonyl (C=O) groups is 1. The maximum Gasteiger partial charge on any atom is 0.319 e. The highest BCUT2D eigenvalue weighted by Crippen LogP contribution is 2.29. The first-order valence-corrected chi connectivity index (χ1v) is 6.18. The van der Waals surface area contributed by atoms with E-state index in [2.05, 4.69) is 10.6 Å². The first kappa shape index (κ1) is 17.0. The summed E-state index contributed by atoms with van der Waals surface area (Å²) in [6, 6.07) is 4.08. The summed E-state index contributed by atoms with van der Waals surface area (Å²) in [6.45, 7) is -1.79. The van der Waals surface area contributed by atoms with Gasteiger partial charge in [0.25, 0.3) is 0 Å². The van der Waals surface area contributed by atoms with Gasteiger partial charge in [-0.15, -0.1) is 0 Å². The number of aliphatic hydroxyl groups excluding tert-OH is 3. The van der Waals surface area contributed by atoms with Crippen LogP contribution in [0.1, 0.15) is 0 Å². The Kier molecular flexibility index (Phi) is 6.22. The molecule has 0 radical (unpaired) electrons. The number of rotatable bonds is 7. The molecule has 0 saturated heterocycles. The number of nitrogens with one attached hydrogen (secondary N) is 2. The van der Waals surface area contributed by atoms with Gasteiger partial charge in [-0.3, -0.25) is 0 Å². The van der Waals surface area contributed by atoms with Crippen LogP contribution >= 0.6 is 0 Å². The minimum Gasteiger partial charge on any atom is -0.493 e. The Morgan fingerprint density at radius 2 is 1.67 bits per heavy atom. The van der Waals surface area contributed by atoms with Gasteiger partial charge in [0.05, 0.1) is 34.0 Å². The van der Waals surface area contributed by atoms with Crippen molar-refractivity contribution in [3.8, 4) is 11.5 Å². The van der Waals surface area contributed by atoms with Gasteiger partial charge < -0.3 is 35.4 Å². The highest BCUT2D eigenvalue weighted by Gasteiger charge is 2.30. The lowest BCUT2D eigenvalue weighted by molar-refractivity contribution is 0.0507. The van der Waals surface area contributed by atoms with Gasteiger partial charge in [0, 0.05) is 11.8 Å². The molecule has 0 atom stereocenters. The molecule has 2 amide bonds. The van der Waals surface area contributed by atoms with E-state index in [1.165, 1.54) is 14.2 Å². The predicted octanol–water partition coefficient (Wildman–Crippen LogP) is -0.459. The lowest BCUT2D eigenvalue weighted by Crippen LogP contribution is -2.58. The third kappa shape index (κ3) is 4.22. The van der Waals surface area contributed by atoms with Gasteiger partial charge in [0.1, 0.15) is 5.54 Å². The monoisotopic (exact) mass is 300 g/mol. The van der Waals surface area contributed by atoms with E-state index in [1.807, 2.05) is 0 Å². The van der Waals surface area contributed by atoms with Crippen LogP contribution in [0.25, 0.3) is 0 Å². The molecule has 118 valence electrons. The molecule has 1 rings (SSSR count). The van der Waals surface area contributed by atoms with E-state index in [9.17, 15) is 4.79 Å². The molecule has 1 aromatic carbocycles. The fraction of sp³-hybridized carbons (Fsp3) is 0.462. The number of ether oxygens (including phenoxy) is 2. The van der Waals surface area contributed by atoms with E-state index < -0.39 is 31.4 Å². The van der Waals surface area contributed by atoms with E-state index in [0.29, 0.717) is 17.2 Å². The highest BCUT2D eigenvalue weighted by molar-refractivity contribution is 5.90. The second-order valence-corrected chi connectivity index (χ2v) is 4.40. The molecular formula is C13H20N2O6. The molecule has 21 heavy (non-hydrogen) atoms. The number of anilines is 1. The van der Waals surface area contributed by atoms with Crippen LogP contribution < -0.4 is 20.1 Å². The zero-order valence-electron chi connectivity index (χ0n) is 11.9. The zero-order valence-corrected chi connectivity index (χ0v) is 11.9. The minimum absolute atomic E-state index is 0.424. The van der Waals surface area contributed by atoms with Crippen molar-refractivity contribution < 1.29 is 29.6 Å². The summed E-state index contributed by atoms with van der Waals surface area (Å²) in [4.78, 5) is 11.8. The smallest absolute Gasteiger partial charge is 0.319 e. The molecule has 0 heterocycles. The Morgan fingerprint density at radius 1 is 1.10 bits per heavy atom. The Hall–Kier alpha value is -2.03. The van der Waals surface area contributed by atoms with Crippen molar-refractivity contribution in [1.29, 1.82) is 0 Å². The van der Waals surface area contributed by atoms with Crippen LogP contribution in [0.5, 0.6) is 11.5 Å². The zero-order chi connectivity index (χ0) is 15.9. The van der Waals surface area contributed by atoms with Crippen LogP contribution in [0.4, 0.5) is 10.5 Å². The highest BCUT2D eigenvalue weighted by atomic mass is 16.5. The minimum atomic E-state index is -1.49. The second-order valence-electron chi connectivity index (χ2n) is 4.40. The van der Waals surface area contributed by atoms with Crippen molar-refractivity contribution in [3.05, 3.63) is 18.2 Å². The van der Waals surface area contributed by atoms with Gasteiger partial charge in [-0.2, -0.15) is 0 Å². The quantitative estimate of drug-likeness (QED) is 0.465. The van der Waals surface area contributed by atoms with Crippen LogP contribution in [0.15, 0.2) is 18.2 Å². The average molecular weight is 300 g/mol. The maximum atomic E-state index is 11.8. The van der Waals surface area contributed by atoms with E-state index in [1.54, 1.807) is 18.2 Å². The normalized spacial score (nSPS) is 10.9. The molecule has 0 bridgehead atoms. The largest absolute Gasteiger partial charge is 0.493 e. The SMILES string of the molecule is COc1ccc(NC(=O)NC(CO)(CO)CO)cc1OC. The molecule has 0 aliphatic rings. The van der Waals surface area contributed by atoms with Crippen molar-refractivity contribution in [2.45, 2.75) is 5.54 Å². The van der Waals surface area contributed by atoms with Gasteiger partial charge in [0.15, 0.2) is 11.5 Å². The predicted molar refractivity (Wildman–Crippen MR) is 75.7 cm³/mol. The third-order valence-corrected chi connectivity index (χ3v) is 2.93. The Bertz CT molecular complexity index is 467. The number of urea groups is 1. The van der Waals surface area contributed by atoms with E-state index in [4.69, 9.17) is 24.8 Å². The summed E-state index contributed by atoms with van der Waals surface area (Å²) in [7, 11) is 2.96. The van der Waals surface area contributed by atoms with E-state index in [0.717, 1.165) is 0 Å². The molecular weight excluding hydrogens is 280 g/mol. The number of hydrogen-bond donors (Lipinski definition) is 5. The third-order valence-electron chi connectivity index (χ3n) is 2.93. The molecule has 8 nitrogen and oxygen atoms in total. The van der Waals surface area contributed by atoms with Crippen molar-refractivity contribution in [3.63, 3.8) is 0 Å². The Balaban J connectivity index is 2.79. The van der Waals surface area contributed by atoms with Crippen LogP contribution in [0, 0.1) is 0 Å². The summed E-state index contributed by atoms with van der Waals surface area (Å²) < 4.78 is 10.2. The molecule has 0 spiro atoms. The molecule has 0 aliphatic carbocycles. The summed E-state index contributed by atoms with van der Waals surface area (Å²) in [6.07, 6.45) is 0. The standard InChI is InChI=1S/C13H20N2O6/c1-20-10-4-3-9(5-11(10)21-2)14-12(19)15-13(6-16,7-17)8-18/h3-5,16-18H,6-8H2,1-2H3,(H2,14,15,19). The topological polar surface area (TPSA) is 120 Å². The molecule has 0 aliphatic heterocycles. The summed E-state index contributed by atoms with van der Waals surface area (Å²) >= 11 is 0. The maximum absolute atomic E-state index is 11.8. The molecule has 0 saturated carbocycles. The van der Waals surface area contributed by atoms with Crippen LogP contribution in [-0.4, -0.2) is 60.9 Å². The number of amides is 2.